The Morgan fingerprint density at radius 1 is 0.804 bits per heavy atom. The van der Waals surface area contributed by atoms with Crippen molar-refractivity contribution in [3.63, 3.8) is 0 Å². The second-order valence-corrected chi connectivity index (χ2v) is 13.7. The number of benzene rings is 4. The number of anilines is 1. The highest BCUT2D eigenvalue weighted by Crippen LogP contribution is 2.29. The van der Waals surface area contributed by atoms with Crippen LogP contribution in [0.1, 0.15) is 41.7 Å². The van der Waals surface area contributed by atoms with Gasteiger partial charge in [-0.1, -0.05) is 72.3 Å². The van der Waals surface area contributed by atoms with E-state index in [-0.39, 0.29) is 29.8 Å². The molecule has 4 aromatic carbocycles. The summed E-state index contributed by atoms with van der Waals surface area (Å²) in [5.74, 6) is -0.232. The zero-order chi connectivity index (χ0) is 33.4. The molecule has 8 nitrogen and oxygen atoms in total. The summed E-state index contributed by atoms with van der Waals surface area (Å²) in [7, 11) is -2.62. The van der Waals surface area contributed by atoms with Crippen LogP contribution >= 0.6 is 0 Å². The molecule has 242 valence electrons. The van der Waals surface area contributed by atoms with Crippen LogP contribution in [0.4, 0.5) is 5.69 Å². The number of carbonyl (C=O) groups is 2. The molecule has 0 aromatic heterocycles. The topological polar surface area (TPSA) is 96.0 Å². The Hall–Kier alpha value is -4.63. The summed E-state index contributed by atoms with van der Waals surface area (Å²) >= 11 is 0. The molecule has 1 atom stereocenters. The molecule has 1 N–H and O–H groups in total. The van der Waals surface area contributed by atoms with Gasteiger partial charge in [0, 0.05) is 19.0 Å². The Morgan fingerprint density at radius 3 is 2.11 bits per heavy atom. The van der Waals surface area contributed by atoms with Gasteiger partial charge in [0.25, 0.3) is 10.0 Å². The molecule has 0 spiro atoms. The van der Waals surface area contributed by atoms with E-state index in [0.717, 1.165) is 22.3 Å². The molecule has 0 aliphatic carbocycles. The van der Waals surface area contributed by atoms with Crippen LogP contribution in [0.3, 0.4) is 0 Å². The maximum absolute atomic E-state index is 14.6. The molecule has 4 aromatic rings. The van der Waals surface area contributed by atoms with Crippen LogP contribution in [0.15, 0.2) is 102 Å². The minimum absolute atomic E-state index is 0.0598. The molecule has 2 amide bonds. The number of methoxy groups -OCH3 is 1. The van der Waals surface area contributed by atoms with E-state index in [1.807, 2.05) is 95.3 Å². The number of ether oxygens (including phenoxy) is 1. The first-order valence-corrected chi connectivity index (χ1v) is 16.8. The van der Waals surface area contributed by atoms with Crippen molar-refractivity contribution < 1.29 is 22.7 Å². The summed E-state index contributed by atoms with van der Waals surface area (Å²) in [6.45, 7) is 8.86. The number of nitrogens with zero attached hydrogens (tertiary/aromatic N) is 2. The van der Waals surface area contributed by atoms with E-state index < -0.39 is 28.5 Å². The van der Waals surface area contributed by atoms with E-state index in [9.17, 15) is 18.0 Å². The first-order chi connectivity index (χ1) is 21.9. The van der Waals surface area contributed by atoms with E-state index in [4.69, 9.17) is 4.74 Å². The molecular weight excluding hydrogens is 598 g/mol. The smallest absolute Gasteiger partial charge is 0.264 e. The molecule has 0 fully saturated rings. The van der Waals surface area contributed by atoms with Crippen LogP contribution in [0.5, 0.6) is 5.75 Å². The fraction of sp³-hybridized carbons (Fsp3) is 0.297. The first kappa shape index (κ1) is 34.2. The highest BCUT2D eigenvalue weighted by molar-refractivity contribution is 7.92. The predicted octanol–water partition coefficient (Wildman–Crippen LogP) is 5.98. The van der Waals surface area contributed by atoms with E-state index in [1.165, 1.54) is 9.21 Å². The van der Waals surface area contributed by atoms with Gasteiger partial charge in [-0.3, -0.25) is 13.9 Å². The number of hydrogen-bond acceptors (Lipinski definition) is 5. The fourth-order valence-corrected chi connectivity index (χ4v) is 6.71. The maximum Gasteiger partial charge on any atom is 0.264 e. The van der Waals surface area contributed by atoms with Gasteiger partial charge in [-0.25, -0.2) is 8.42 Å². The Morgan fingerprint density at radius 2 is 1.46 bits per heavy atom. The van der Waals surface area contributed by atoms with Crippen molar-refractivity contribution in [3.8, 4) is 5.75 Å². The van der Waals surface area contributed by atoms with Crippen molar-refractivity contribution in [2.24, 2.45) is 0 Å². The predicted molar refractivity (Wildman–Crippen MR) is 182 cm³/mol. The molecule has 0 saturated heterocycles. The Kier molecular flexibility index (Phi) is 11.2. The molecule has 0 heterocycles. The lowest BCUT2D eigenvalue weighted by Crippen LogP contribution is -2.54. The average molecular weight is 642 g/mol. The second kappa shape index (κ2) is 15.1. The molecule has 46 heavy (non-hydrogen) atoms. The van der Waals surface area contributed by atoms with E-state index >= 15 is 0 Å². The monoisotopic (exact) mass is 641 g/mol. The van der Waals surface area contributed by atoms with Crippen molar-refractivity contribution in [1.29, 1.82) is 0 Å². The summed E-state index contributed by atoms with van der Waals surface area (Å²) in [5, 5.41) is 2.98. The summed E-state index contributed by atoms with van der Waals surface area (Å²) in [6, 6.07) is 27.8. The quantitative estimate of drug-likeness (QED) is 0.194. The minimum Gasteiger partial charge on any atom is -0.497 e. The molecule has 0 saturated carbocycles. The molecule has 4 rings (SSSR count). The summed E-state index contributed by atoms with van der Waals surface area (Å²) in [6.07, 6.45) is 0.239. The van der Waals surface area contributed by atoms with Crippen molar-refractivity contribution in [3.05, 3.63) is 125 Å². The number of carbonyl (C=O) groups excluding carboxylic acids is 2. The number of rotatable bonds is 13. The molecule has 0 aliphatic rings. The number of sulfonamides is 1. The van der Waals surface area contributed by atoms with E-state index in [1.54, 1.807) is 43.5 Å². The summed E-state index contributed by atoms with van der Waals surface area (Å²) < 4.78 is 35.2. The van der Waals surface area contributed by atoms with Crippen molar-refractivity contribution >= 4 is 27.5 Å². The highest BCUT2D eigenvalue weighted by Gasteiger charge is 2.35. The van der Waals surface area contributed by atoms with Crippen LogP contribution in [-0.2, 0) is 32.6 Å². The highest BCUT2D eigenvalue weighted by atomic mass is 32.2. The van der Waals surface area contributed by atoms with E-state index in [2.05, 4.69) is 5.32 Å². The molecule has 0 unspecified atom stereocenters. The van der Waals surface area contributed by atoms with Crippen LogP contribution in [0.2, 0.25) is 0 Å². The van der Waals surface area contributed by atoms with E-state index in [0.29, 0.717) is 17.0 Å². The number of hydrogen-bond donors (Lipinski definition) is 1. The van der Waals surface area contributed by atoms with Gasteiger partial charge in [-0.15, -0.1) is 0 Å². The summed E-state index contributed by atoms with van der Waals surface area (Å²) in [4.78, 5) is 30.1. The summed E-state index contributed by atoms with van der Waals surface area (Å²) in [5.41, 5.74) is 4.48. The number of nitrogens with one attached hydrogen (secondary N) is 1. The lowest BCUT2D eigenvalue weighted by atomic mass is 10.0. The third-order valence-corrected chi connectivity index (χ3v) is 9.48. The lowest BCUT2D eigenvalue weighted by Gasteiger charge is -2.34. The van der Waals surface area contributed by atoms with Crippen molar-refractivity contribution in [2.75, 3.05) is 18.0 Å². The van der Waals surface area contributed by atoms with Crippen LogP contribution in [0.25, 0.3) is 0 Å². The second-order valence-electron chi connectivity index (χ2n) is 11.9. The SMILES string of the molecule is COc1cccc(CN(C(=O)CN(c2cc(C)ccc2C)S(=O)(=O)c2ccc(C)cc2)[C@H](Cc2ccccc2)C(=O)NC(C)C)c1. The van der Waals surface area contributed by atoms with Gasteiger partial charge in [-0.2, -0.15) is 0 Å². The Balaban J connectivity index is 1.84. The Labute approximate surface area is 273 Å². The number of aryl methyl sites for hydroxylation is 3. The van der Waals surface area contributed by atoms with Crippen LogP contribution < -0.4 is 14.4 Å². The minimum atomic E-state index is -4.18. The van der Waals surface area contributed by atoms with Gasteiger partial charge in [-0.05, 0) is 87.2 Å². The molecule has 9 heteroatoms. The van der Waals surface area contributed by atoms with Gasteiger partial charge in [0.1, 0.15) is 18.3 Å². The zero-order valence-electron chi connectivity index (χ0n) is 27.4. The molecular formula is C37H43N3O5S. The van der Waals surface area contributed by atoms with Gasteiger partial charge in [0.2, 0.25) is 11.8 Å². The maximum atomic E-state index is 14.6. The van der Waals surface area contributed by atoms with Gasteiger partial charge < -0.3 is 15.0 Å². The average Bonchev–Trinajstić information content (AvgIpc) is 3.03. The largest absolute Gasteiger partial charge is 0.497 e. The lowest BCUT2D eigenvalue weighted by molar-refractivity contribution is -0.140. The molecule has 0 aliphatic heterocycles. The van der Waals surface area contributed by atoms with Crippen molar-refractivity contribution in [2.45, 2.75) is 64.6 Å². The first-order valence-electron chi connectivity index (χ1n) is 15.3. The van der Waals surface area contributed by atoms with Gasteiger partial charge in [0.05, 0.1) is 17.7 Å². The third kappa shape index (κ3) is 8.54. The normalized spacial score (nSPS) is 12.0. The fourth-order valence-electron chi connectivity index (χ4n) is 5.24. The van der Waals surface area contributed by atoms with Crippen LogP contribution in [0, 0.1) is 20.8 Å². The van der Waals surface area contributed by atoms with Crippen LogP contribution in [-0.4, -0.2) is 50.9 Å². The zero-order valence-corrected chi connectivity index (χ0v) is 28.2. The van der Waals surface area contributed by atoms with Crippen molar-refractivity contribution in [1.82, 2.24) is 10.2 Å². The third-order valence-electron chi connectivity index (χ3n) is 7.71. The van der Waals surface area contributed by atoms with Gasteiger partial charge >= 0.3 is 0 Å². The Bertz CT molecular complexity index is 1760. The molecule has 0 radical (unpaired) electrons. The number of amides is 2. The van der Waals surface area contributed by atoms with Gasteiger partial charge in [0.15, 0.2) is 0 Å². The molecule has 0 bridgehead atoms. The standard InChI is InChI=1S/C37H43N3O5S/c1-26(2)38-37(42)35(23-30-11-8-7-9-12-30)39(24-31-13-10-14-32(22-31)45-6)36(41)25-40(34-21-28(4)15-18-29(34)5)46(43,44)33-19-16-27(3)17-20-33/h7-22,26,35H,23-25H2,1-6H3,(H,38,42)/t35-/m1/s1.